The highest BCUT2D eigenvalue weighted by molar-refractivity contribution is 7.89. The number of fused-ring (bicyclic) bond motifs is 1. The molecule has 2 aromatic rings. The van der Waals surface area contributed by atoms with Gasteiger partial charge in [0.05, 0.1) is 5.02 Å². The Hall–Kier alpha value is -2.82. The molecule has 11 heteroatoms. The summed E-state index contributed by atoms with van der Waals surface area (Å²) in [6.07, 6.45) is 0. The van der Waals surface area contributed by atoms with Gasteiger partial charge in [0.2, 0.25) is 10.0 Å². The van der Waals surface area contributed by atoms with Gasteiger partial charge >= 0.3 is 0 Å². The van der Waals surface area contributed by atoms with Crippen LogP contribution in [0.4, 0.5) is 0 Å². The maximum Gasteiger partial charge on any atom is 0.269 e. The Bertz CT molecular complexity index is 1130. The highest BCUT2D eigenvalue weighted by atomic mass is 35.5. The molecule has 31 heavy (non-hydrogen) atoms. The third-order valence-electron chi connectivity index (χ3n) is 4.02. The van der Waals surface area contributed by atoms with Gasteiger partial charge in [-0.2, -0.15) is 0 Å². The van der Waals surface area contributed by atoms with E-state index in [0.717, 1.165) is 6.07 Å². The second kappa shape index (κ2) is 8.74. The Balaban J connectivity index is 1.72. The van der Waals surface area contributed by atoms with Crippen molar-refractivity contribution in [2.45, 2.75) is 31.2 Å². The molecule has 0 radical (unpaired) electrons. The SMILES string of the molecule is CC(C)(C)NS(=O)(=O)c1cc(C(=O)NNC(=O)c2ccc3c(c2)OCCO3)ccc1Cl. The van der Waals surface area contributed by atoms with Crippen molar-refractivity contribution in [3.05, 3.63) is 52.5 Å². The van der Waals surface area contributed by atoms with E-state index in [1.165, 1.54) is 24.3 Å². The maximum atomic E-state index is 12.6. The number of hydrogen-bond donors (Lipinski definition) is 3. The monoisotopic (exact) mass is 467 g/mol. The largest absolute Gasteiger partial charge is 0.486 e. The van der Waals surface area contributed by atoms with E-state index in [1.807, 2.05) is 0 Å². The van der Waals surface area contributed by atoms with Gasteiger partial charge in [0.25, 0.3) is 11.8 Å². The Morgan fingerprint density at radius 1 is 0.903 bits per heavy atom. The van der Waals surface area contributed by atoms with Crippen LogP contribution in [0.25, 0.3) is 0 Å². The Kier molecular flexibility index (Phi) is 6.44. The van der Waals surface area contributed by atoms with Gasteiger partial charge in [0.15, 0.2) is 11.5 Å². The second-order valence-corrected chi connectivity index (χ2v) is 9.83. The third-order valence-corrected chi connectivity index (χ3v) is 6.26. The van der Waals surface area contributed by atoms with E-state index in [0.29, 0.717) is 24.7 Å². The van der Waals surface area contributed by atoms with Crippen LogP contribution in [0.15, 0.2) is 41.3 Å². The number of carbonyl (C=O) groups is 2. The van der Waals surface area contributed by atoms with Crippen LogP contribution in [0.3, 0.4) is 0 Å². The summed E-state index contributed by atoms with van der Waals surface area (Å²) in [5.41, 5.74) is 4.05. The van der Waals surface area contributed by atoms with Crippen LogP contribution in [-0.4, -0.2) is 39.0 Å². The standard InChI is InChI=1S/C20H22ClN3O6S/c1-20(2,3)24-31(27,28)17-11-13(4-6-14(17)21)19(26)23-22-18(25)12-5-7-15-16(10-12)30-9-8-29-15/h4-7,10-11,24H,8-9H2,1-3H3,(H,22,25)(H,23,26). The van der Waals surface area contributed by atoms with Gasteiger partial charge in [0, 0.05) is 16.7 Å². The topological polar surface area (TPSA) is 123 Å². The van der Waals surface area contributed by atoms with E-state index >= 15 is 0 Å². The first-order chi connectivity index (χ1) is 14.5. The molecule has 0 atom stereocenters. The normalized spacial score (nSPS) is 13.4. The van der Waals surface area contributed by atoms with Gasteiger partial charge in [-0.15, -0.1) is 0 Å². The van der Waals surface area contributed by atoms with Crippen molar-refractivity contribution < 1.29 is 27.5 Å². The average molecular weight is 468 g/mol. The van der Waals surface area contributed by atoms with Gasteiger partial charge in [0.1, 0.15) is 18.1 Å². The third kappa shape index (κ3) is 5.66. The summed E-state index contributed by atoms with van der Waals surface area (Å²) < 4.78 is 38.5. The molecular weight excluding hydrogens is 446 g/mol. The van der Waals surface area contributed by atoms with Crippen LogP contribution in [0.2, 0.25) is 5.02 Å². The maximum absolute atomic E-state index is 12.6. The molecule has 0 bridgehead atoms. The molecule has 3 N–H and O–H groups in total. The Morgan fingerprint density at radius 3 is 2.06 bits per heavy atom. The first-order valence-corrected chi connectivity index (χ1v) is 11.2. The van der Waals surface area contributed by atoms with Gasteiger partial charge in [-0.1, -0.05) is 11.6 Å². The molecule has 0 aliphatic carbocycles. The number of amides is 2. The minimum atomic E-state index is -3.96. The van der Waals surface area contributed by atoms with Crippen LogP contribution < -0.4 is 25.0 Å². The average Bonchev–Trinajstić information content (AvgIpc) is 2.69. The second-order valence-electron chi connectivity index (χ2n) is 7.77. The van der Waals surface area contributed by atoms with E-state index < -0.39 is 27.4 Å². The van der Waals surface area contributed by atoms with Gasteiger partial charge in [-0.25, -0.2) is 13.1 Å². The molecule has 1 aliphatic rings. The summed E-state index contributed by atoms with van der Waals surface area (Å²) in [5, 5.41) is -0.0337. The Morgan fingerprint density at radius 2 is 1.45 bits per heavy atom. The first-order valence-electron chi connectivity index (χ1n) is 9.30. The number of halogens is 1. The van der Waals surface area contributed by atoms with Crippen molar-refractivity contribution in [2.75, 3.05) is 13.2 Å². The number of hydrazine groups is 1. The number of hydrogen-bond acceptors (Lipinski definition) is 6. The van der Waals surface area contributed by atoms with E-state index in [4.69, 9.17) is 21.1 Å². The number of sulfonamides is 1. The lowest BCUT2D eigenvalue weighted by molar-refractivity contribution is 0.0846. The molecule has 166 valence electrons. The highest BCUT2D eigenvalue weighted by Gasteiger charge is 2.25. The summed E-state index contributed by atoms with van der Waals surface area (Å²) >= 11 is 6.04. The van der Waals surface area contributed by atoms with Crippen LogP contribution in [0.5, 0.6) is 11.5 Å². The summed E-state index contributed by atoms with van der Waals surface area (Å²) in [4.78, 5) is 24.6. The predicted molar refractivity (Wildman–Crippen MR) is 114 cm³/mol. The Labute approximate surface area is 185 Å². The molecular formula is C20H22ClN3O6S. The molecule has 3 rings (SSSR count). The molecule has 1 heterocycles. The minimum absolute atomic E-state index is 0.00107. The zero-order valence-electron chi connectivity index (χ0n) is 17.1. The molecule has 0 unspecified atom stereocenters. The molecule has 2 aromatic carbocycles. The lowest BCUT2D eigenvalue weighted by Gasteiger charge is -2.21. The van der Waals surface area contributed by atoms with Gasteiger partial charge in [-0.05, 0) is 57.2 Å². The van der Waals surface area contributed by atoms with Crippen molar-refractivity contribution in [2.24, 2.45) is 0 Å². The minimum Gasteiger partial charge on any atom is -0.486 e. The fourth-order valence-electron chi connectivity index (χ4n) is 2.75. The fourth-order valence-corrected chi connectivity index (χ4v) is 4.70. The highest BCUT2D eigenvalue weighted by Crippen LogP contribution is 2.30. The first kappa shape index (κ1) is 22.9. The lowest BCUT2D eigenvalue weighted by atomic mass is 10.1. The van der Waals surface area contributed by atoms with E-state index in [1.54, 1.807) is 26.8 Å². The summed E-state index contributed by atoms with van der Waals surface area (Å²) in [5.74, 6) is -0.328. The molecule has 0 aromatic heterocycles. The lowest BCUT2D eigenvalue weighted by Crippen LogP contribution is -2.42. The molecule has 9 nitrogen and oxygen atoms in total. The van der Waals surface area contributed by atoms with E-state index in [-0.39, 0.29) is 21.0 Å². The summed E-state index contributed by atoms with van der Waals surface area (Å²) in [6.45, 7) is 5.85. The van der Waals surface area contributed by atoms with Crippen molar-refractivity contribution in [1.82, 2.24) is 15.6 Å². The molecule has 2 amide bonds. The summed E-state index contributed by atoms with van der Waals surface area (Å²) in [6, 6.07) is 8.42. The molecule has 0 spiro atoms. The zero-order valence-corrected chi connectivity index (χ0v) is 18.7. The van der Waals surface area contributed by atoms with Crippen LogP contribution in [0.1, 0.15) is 41.5 Å². The van der Waals surface area contributed by atoms with E-state index in [9.17, 15) is 18.0 Å². The van der Waals surface area contributed by atoms with Crippen molar-refractivity contribution in [3.8, 4) is 11.5 Å². The van der Waals surface area contributed by atoms with Crippen LogP contribution in [-0.2, 0) is 10.0 Å². The number of benzene rings is 2. The molecule has 0 saturated heterocycles. The van der Waals surface area contributed by atoms with Gasteiger partial charge < -0.3 is 9.47 Å². The summed E-state index contributed by atoms with van der Waals surface area (Å²) in [7, 11) is -3.96. The van der Waals surface area contributed by atoms with Gasteiger partial charge in [-0.3, -0.25) is 20.4 Å². The van der Waals surface area contributed by atoms with Crippen LogP contribution >= 0.6 is 11.6 Å². The molecule has 0 fully saturated rings. The quantitative estimate of drug-likeness (QED) is 0.593. The fraction of sp³-hybridized carbons (Fsp3) is 0.300. The number of nitrogens with one attached hydrogen (secondary N) is 3. The van der Waals surface area contributed by atoms with Crippen molar-refractivity contribution >= 4 is 33.4 Å². The number of rotatable bonds is 4. The number of ether oxygens (including phenoxy) is 2. The molecule has 0 saturated carbocycles. The molecule has 1 aliphatic heterocycles. The van der Waals surface area contributed by atoms with Crippen molar-refractivity contribution in [3.63, 3.8) is 0 Å². The number of carbonyl (C=O) groups excluding carboxylic acids is 2. The van der Waals surface area contributed by atoms with Crippen LogP contribution in [0, 0.1) is 0 Å². The zero-order chi connectivity index (χ0) is 22.8. The van der Waals surface area contributed by atoms with Crippen molar-refractivity contribution in [1.29, 1.82) is 0 Å². The predicted octanol–water partition coefficient (Wildman–Crippen LogP) is 2.26. The van der Waals surface area contributed by atoms with E-state index in [2.05, 4.69) is 15.6 Å². The smallest absolute Gasteiger partial charge is 0.269 e.